The van der Waals surface area contributed by atoms with Crippen molar-refractivity contribution in [3.05, 3.63) is 65.1 Å². The Labute approximate surface area is 136 Å². The number of sulfonamides is 1. The van der Waals surface area contributed by atoms with Crippen LogP contribution >= 0.6 is 0 Å². The van der Waals surface area contributed by atoms with Gasteiger partial charge in [-0.25, -0.2) is 17.2 Å². The highest BCUT2D eigenvalue weighted by Crippen LogP contribution is 2.35. The van der Waals surface area contributed by atoms with E-state index in [-0.39, 0.29) is 6.54 Å². The van der Waals surface area contributed by atoms with Gasteiger partial charge < -0.3 is 0 Å². The third-order valence-electron chi connectivity index (χ3n) is 3.26. The Bertz CT molecular complexity index is 737. The monoisotopic (exact) mass is 341 g/mol. The van der Waals surface area contributed by atoms with E-state index in [9.17, 15) is 17.2 Å². The van der Waals surface area contributed by atoms with Crippen molar-refractivity contribution in [1.82, 2.24) is 0 Å². The molecule has 1 aliphatic heterocycles. The van der Waals surface area contributed by atoms with Crippen molar-refractivity contribution in [2.75, 3.05) is 10.8 Å². The van der Waals surface area contributed by atoms with Crippen molar-refractivity contribution >= 4 is 15.7 Å². The molecule has 3 nitrogen and oxygen atoms in total. The maximum Gasteiger partial charge on any atom is 0.270 e. The molecule has 0 saturated heterocycles. The van der Waals surface area contributed by atoms with Gasteiger partial charge in [0.25, 0.3) is 10.0 Å². The molecule has 0 unspecified atom stereocenters. The Morgan fingerprint density at radius 3 is 2.43 bits per heavy atom. The highest BCUT2D eigenvalue weighted by atomic mass is 32.2. The number of para-hydroxylation sites is 1. The van der Waals surface area contributed by atoms with Gasteiger partial charge in [-0.2, -0.15) is 0 Å². The van der Waals surface area contributed by atoms with Crippen LogP contribution in [0.2, 0.25) is 0 Å². The summed E-state index contributed by atoms with van der Waals surface area (Å²) in [5, 5.41) is 0. The van der Waals surface area contributed by atoms with Gasteiger partial charge in [0.05, 0.1) is 5.69 Å². The van der Waals surface area contributed by atoms with E-state index in [1.54, 1.807) is 24.3 Å². The highest BCUT2D eigenvalue weighted by molar-refractivity contribution is 7.96. The lowest BCUT2D eigenvalue weighted by Crippen LogP contribution is -2.31. The highest BCUT2D eigenvalue weighted by Gasteiger charge is 2.35. The Kier molecular flexibility index (Phi) is 6.69. The number of halogens is 2. The van der Waals surface area contributed by atoms with Crippen LogP contribution < -0.4 is 4.31 Å². The molecule has 0 radical (unpaired) electrons. The van der Waals surface area contributed by atoms with Gasteiger partial charge in [-0.3, -0.25) is 4.31 Å². The van der Waals surface area contributed by atoms with Crippen LogP contribution in [-0.2, 0) is 16.4 Å². The molecule has 1 aliphatic rings. The number of nitrogens with zero attached hydrogens (tertiary/aromatic N) is 1. The molecule has 1 aromatic carbocycles. The molecule has 2 rings (SSSR count). The van der Waals surface area contributed by atoms with Gasteiger partial charge in [0.15, 0.2) is 4.91 Å². The topological polar surface area (TPSA) is 37.4 Å². The number of anilines is 1. The van der Waals surface area contributed by atoms with Gasteiger partial charge in [0.1, 0.15) is 11.7 Å². The normalized spacial score (nSPS) is 15.3. The fraction of sp³-hybridized carbons (Fsp3) is 0.294. The van der Waals surface area contributed by atoms with E-state index < -0.39 is 26.6 Å². The predicted octanol–water partition coefficient (Wildman–Crippen LogP) is 4.65. The summed E-state index contributed by atoms with van der Waals surface area (Å²) in [5.74, 6) is -2.33. The smallest absolute Gasteiger partial charge is 0.266 e. The summed E-state index contributed by atoms with van der Waals surface area (Å²) in [5.41, 5.74) is 1.29. The standard InChI is InChI=1S/C15H15F2NO2S.C2H6/c1-3-12(16)15(13(17)4-2)21(19,20)18-10-9-11-7-5-6-8-14(11)18;1-2/h3-8H,1,9-10H2,2H3;1-2H3/b13-4+,15-12-;. The number of fused-ring (bicyclic) bond motifs is 1. The Balaban J connectivity index is 0.00000127. The number of benzene rings is 1. The fourth-order valence-corrected chi connectivity index (χ4v) is 3.94. The second kappa shape index (κ2) is 8.06. The quantitative estimate of drug-likeness (QED) is 0.748. The molecule has 1 aromatic rings. The second-order valence-corrected chi connectivity index (χ2v) is 6.27. The third kappa shape index (κ3) is 3.69. The SMILES string of the molecule is C=C/C(F)=C(\C(F)=C/C)S(=O)(=O)N1CCc2ccccc21.CC. The van der Waals surface area contributed by atoms with E-state index in [1.165, 1.54) is 6.92 Å². The van der Waals surface area contributed by atoms with Gasteiger partial charge in [-0.15, -0.1) is 0 Å². The van der Waals surface area contributed by atoms with Crippen molar-refractivity contribution in [3.8, 4) is 0 Å². The third-order valence-corrected chi connectivity index (χ3v) is 5.12. The van der Waals surface area contributed by atoms with Crippen molar-refractivity contribution < 1.29 is 17.2 Å². The lowest BCUT2D eigenvalue weighted by molar-refractivity contribution is 0.581. The number of allylic oxidation sites excluding steroid dienone is 4. The molecule has 0 N–H and O–H groups in total. The molecule has 0 saturated carbocycles. The zero-order valence-electron chi connectivity index (χ0n) is 13.5. The van der Waals surface area contributed by atoms with Gasteiger partial charge >= 0.3 is 0 Å². The molecule has 23 heavy (non-hydrogen) atoms. The summed E-state index contributed by atoms with van der Waals surface area (Å²) in [6, 6.07) is 6.90. The first-order valence-corrected chi connectivity index (χ1v) is 8.82. The number of hydrogen-bond acceptors (Lipinski definition) is 2. The maximum absolute atomic E-state index is 13.9. The summed E-state index contributed by atoms with van der Waals surface area (Å²) in [4.78, 5) is -0.975. The summed E-state index contributed by atoms with van der Waals surface area (Å²) < 4.78 is 53.9. The van der Waals surface area contributed by atoms with Crippen molar-refractivity contribution in [1.29, 1.82) is 0 Å². The first-order valence-electron chi connectivity index (χ1n) is 7.38. The predicted molar refractivity (Wildman–Crippen MR) is 91.0 cm³/mol. The molecule has 0 aliphatic carbocycles. The van der Waals surface area contributed by atoms with Crippen LogP contribution in [-0.4, -0.2) is 15.0 Å². The van der Waals surface area contributed by atoms with Crippen LogP contribution in [0.1, 0.15) is 26.3 Å². The Hall–Kier alpha value is -1.95. The first kappa shape index (κ1) is 19.1. The van der Waals surface area contributed by atoms with Gasteiger partial charge in [0.2, 0.25) is 0 Å². The van der Waals surface area contributed by atoms with Crippen LogP contribution in [0.3, 0.4) is 0 Å². The number of rotatable bonds is 4. The maximum atomic E-state index is 13.9. The summed E-state index contributed by atoms with van der Waals surface area (Å²) in [7, 11) is -4.31. The van der Waals surface area contributed by atoms with Crippen LogP contribution in [0.5, 0.6) is 0 Å². The molecule has 6 heteroatoms. The molecule has 0 fully saturated rings. The molecule has 126 valence electrons. The van der Waals surface area contributed by atoms with Crippen LogP contribution in [0.4, 0.5) is 14.5 Å². The van der Waals surface area contributed by atoms with Crippen molar-refractivity contribution in [3.63, 3.8) is 0 Å². The van der Waals surface area contributed by atoms with E-state index in [0.717, 1.165) is 15.9 Å². The average molecular weight is 341 g/mol. The van der Waals surface area contributed by atoms with E-state index in [4.69, 9.17) is 0 Å². The zero-order chi connectivity index (χ0) is 17.6. The average Bonchev–Trinajstić information content (AvgIpc) is 3.01. The molecule has 0 amide bonds. The zero-order valence-corrected chi connectivity index (χ0v) is 14.3. The first-order chi connectivity index (χ1) is 10.9. The molecule has 0 aromatic heterocycles. The molecule has 0 bridgehead atoms. The van der Waals surface area contributed by atoms with Crippen molar-refractivity contribution in [2.24, 2.45) is 0 Å². The largest absolute Gasteiger partial charge is 0.270 e. The molecule has 1 heterocycles. The van der Waals surface area contributed by atoms with Crippen LogP contribution in [0, 0.1) is 0 Å². The van der Waals surface area contributed by atoms with E-state index in [0.29, 0.717) is 18.2 Å². The molecule has 0 spiro atoms. The van der Waals surface area contributed by atoms with E-state index in [2.05, 4.69) is 6.58 Å². The van der Waals surface area contributed by atoms with Gasteiger partial charge in [-0.05, 0) is 31.1 Å². The fourth-order valence-electron chi connectivity index (χ4n) is 2.25. The lowest BCUT2D eigenvalue weighted by atomic mass is 10.2. The summed E-state index contributed by atoms with van der Waals surface area (Å²) in [6.07, 6.45) is 2.12. The van der Waals surface area contributed by atoms with Gasteiger partial charge in [0, 0.05) is 6.54 Å². The summed E-state index contributed by atoms with van der Waals surface area (Å²) in [6.45, 7) is 8.64. The van der Waals surface area contributed by atoms with Crippen molar-refractivity contribution in [2.45, 2.75) is 27.2 Å². The van der Waals surface area contributed by atoms with E-state index >= 15 is 0 Å². The molecular weight excluding hydrogens is 320 g/mol. The van der Waals surface area contributed by atoms with E-state index in [1.807, 2.05) is 13.8 Å². The molecular formula is C17H21F2NO2S. The number of hydrogen-bond donors (Lipinski definition) is 0. The Morgan fingerprint density at radius 2 is 1.87 bits per heavy atom. The van der Waals surface area contributed by atoms with Gasteiger partial charge in [-0.1, -0.05) is 44.7 Å². The lowest BCUT2D eigenvalue weighted by Gasteiger charge is -2.20. The van der Waals surface area contributed by atoms with Crippen LogP contribution in [0.25, 0.3) is 0 Å². The molecule has 0 atom stereocenters. The van der Waals surface area contributed by atoms with Crippen LogP contribution in [0.15, 0.2) is 59.6 Å². The second-order valence-electron chi connectivity index (χ2n) is 4.47. The Morgan fingerprint density at radius 1 is 1.26 bits per heavy atom. The summed E-state index contributed by atoms with van der Waals surface area (Å²) >= 11 is 0. The minimum atomic E-state index is -4.31. The minimum Gasteiger partial charge on any atom is -0.266 e. The minimum absolute atomic E-state index is 0.159.